The minimum atomic E-state index is 0.992. The summed E-state index contributed by atoms with van der Waals surface area (Å²) in [5, 5.41) is 0. The van der Waals surface area contributed by atoms with Crippen LogP contribution in [0.4, 0.5) is 11.4 Å². The number of hydrogen-bond acceptors (Lipinski definition) is 2. The summed E-state index contributed by atoms with van der Waals surface area (Å²) in [7, 11) is 0. The summed E-state index contributed by atoms with van der Waals surface area (Å²) in [6, 6.07) is 13.4. The third-order valence-corrected chi connectivity index (χ3v) is 6.61. The van der Waals surface area contributed by atoms with E-state index in [1.165, 1.54) is 78.6 Å². The molecule has 0 aliphatic rings. The molecule has 0 aromatic heterocycles. The predicted molar refractivity (Wildman–Crippen MR) is 153 cm³/mol. The van der Waals surface area contributed by atoms with Gasteiger partial charge in [0, 0.05) is 0 Å². The maximum Gasteiger partial charge on any atom is 0.0636 e. The molecule has 0 N–H and O–H groups in total. The van der Waals surface area contributed by atoms with Crippen LogP contribution in [0.15, 0.2) is 46.4 Å². The first-order valence-electron chi connectivity index (χ1n) is 13.9. The van der Waals surface area contributed by atoms with Gasteiger partial charge in [-0.15, -0.1) is 0 Å². The molecule has 0 saturated heterocycles. The Morgan fingerprint density at radius 3 is 1.76 bits per heavy atom. The van der Waals surface area contributed by atoms with Gasteiger partial charge in [0.25, 0.3) is 0 Å². The van der Waals surface area contributed by atoms with Gasteiger partial charge < -0.3 is 0 Å². The van der Waals surface area contributed by atoms with E-state index in [9.17, 15) is 0 Å². The minimum Gasteiger partial charge on any atom is -0.252 e. The number of aliphatic imine (C=N–C) groups is 2. The van der Waals surface area contributed by atoms with Crippen molar-refractivity contribution in [2.75, 3.05) is 0 Å². The largest absolute Gasteiger partial charge is 0.252 e. The van der Waals surface area contributed by atoms with E-state index in [1.807, 2.05) is 0 Å². The van der Waals surface area contributed by atoms with Gasteiger partial charge in [-0.3, -0.25) is 9.98 Å². The van der Waals surface area contributed by atoms with Crippen molar-refractivity contribution < 1.29 is 0 Å². The van der Waals surface area contributed by atoms with Gasteiger partial charge >= 0.3 is 0 Å². The van der Waals surface area contributed by atoms with Crippen LogP contribution in [-0.2, 0) is 12.8 Å². The van der Waals surface area contributed by atoms with Crippen LogP contribution in [-0.4, -0.2) is 11.4 Å². The molecule has 186 valence electrons. The second kappa shape index (κ2) is 15.6. The van der Waals surface area contributed by atoms with Crippen molar-refractivity contribution in [3.05, 3.63) is 58.7 Å². The lowest BCUT2D eigenvalue weighted by Crippen LogP contribution is -2.14. The highest BCUT2D eigenvalue weighted by atomic mass is 14.8. The molecule has 2 nitrogen and oxygen atoms in total. The number of aryl methyl sites for hydroxylation is 4. The van der Waals surface area contributed by atoms with Crippen molar-refractivity contribution >= 4 is 22.8 Å². The molecule has 34 heavy (non-hydrogen) atoms. The fourth-order valence-corrected chi connectivity index (χ4v) is 4.40. The molecule has 0 fully saturated rings. The summed E-state index contributed by atoms with van der Waals surface area (Å²) in [5.74, 6) is 0. The molecule has 0 amide bonds. The van der Waals surface area contributed by atoms with Crippen LogP contribution in [0.3, 0.4) is 0 Å². The van der Waals surface area contributed by atoms with Crippen molar-refractivity contribution in [1.29, 1.82) is 0 Å². The van der Waals surface area contributed by atoms with E-state index >= 15 is 0 Å². The van der Waals surface area contributed by atoms with Gasteiger partial charge in [-0.2, -0.15) is 0 Å². The number of benzene rings is 2. The molecule has 2 aromatic rings. The van der Waals surface area contributed by atoms with Crippen LogP contribution in [0.25, 0.3) is 0 Å². The van der Waals surface area contributed by atoms with E-state index < -0.39 is 0 Å². The summed E-state index contributed by atoms with van der Waals surface area (Å²) in [6.07, 6.45) is 13.9. The monoisotopic (exact) mass is 460 g/mol. The van der Waals surface area contributed by atoms with Crippen molar-refractivity contribution in [3.63, 3.8) is 0 Å². The average molecular weight is 461 g/mol. The lowest BCUT2D eigenvalue weighted by atomic mass is 9.98. The Morgan fingerprint density at radius 2 is 1.15 bits per heavy atom. The SMILES string of the molecule is CCCCCCC(=Nc1ccc(CCC)c(CCC)c1)C(CCCC)=Nc1ccc(C)c(C)c1. The number of rotatable bonds is 15. The highest BCUT2D eigenvalue weighted by molar-refractivity contribution is 6.43. The molecule has 0 aliphatic carbocycles. The Balaban J connectivity index is 2.49. The Labute approximate surface area is 210 Å². The fourth-order valence-electron chi connectivity index (χ4n) is 4.40. The zero-order valence-electron chi connectivity index (χ0n) is 22.8. The fraction of sp³-hybridized carbons (Fsp3) is 0.562. The van der Waals surface area contributed by atoms with Gasteiger partial charge in [0.1, 0.15) is 0 Å². The van der Waals surface area contributed by atoms with E-state index in [1.54, 1.807) is 0 Å². The molecule has 0 heterocycles. The average Bonchev–Trinajstić information content (AvgIpc) is 2.83. The van der Waals surface area contributed by atoms with E-state index in [0.29, 0.717) is 0 Å². The van der Waals surface area contributed by atoms with Crippen LogP contribution in [0.5, 0.6) is 0 Å². The first kappa shape index (κ1) is 28.0. The molecule has 0 aliphatic heterocycles. The number of nitrogens with zero attached hydrogens (tertiary/aromatic N) is 2. The van der Waals surface area contributed by atoms with Crippen molar-refractivity contribution in [3.8, 4) is 0 Å². The van der Waals surface area contributed by atoms with E-state index in [4.69, 9.17) is 9.98 Å². The first-order chi connectivity index (χ1) is 16.5. The molecule has 2 heteroatoms. The first-order valence-corrected chi connectivity index (χ1v) is 13.9. The Bertz CT molecular complexity index is 936. The molecule has 0 atom stereocenters. The predicted octanol–water partition coefficient (Wildman–Crippen LogP) is 10.2. The van der Waals surface area contributed by atoms with Crippen molar-refractivity contribution in [2.45, 2.75) is 119 Å². The molecule has 2 rings (SSSR count). The maximum atomic E-state index is 5.28. The zero-order valence-corrected chi connectivity index (χ0v) is 22.8. The summed E-state index contributed by atoms with van der Waals surface area (Å²) in [5.41, 5.74) is 10.1. The van der Waals surface area contributed by atoms with E-state index in [0.717, 1.165) is 43.5 Å². The highest BCUT2D eigenvalue weighted by Gasteiger charge is 2.12. The van der Waals surface area contributed by atoms with Crippen LogP contribution in [0.1, 0.15) is 114 Å². The van der Waals surface area contributed by atoms with Gasteiger partial charge in [-0.05, 0) is 98.9 Å². The molecule has 0 radical (unpaired) electrons. The zero-order chi connectivity index (χ0) is 24.8. The van der Waals surface area contributed by atoms with Crippen LogP contribution in [0, 0.1) is 13.8 Å². The molecule has 2 aromatic carbocycles. The summed E-state index contributed by atoms with van der Waals surface area (Å²) in [4.78, 5) is 10.5. The van der Waals surface area contributed by atoms with Gasteiger partial charge in [0.2, 0.25) is 0 Å². The normalized spacial score (nSPS) is 12.4. The number of hydrogen-bond donors (Lipinski definition) is 0. The Kier molecular flexibility index (Phi) is 12.9. The van der Waals surface area contributed by atoms with E-state index in [2.05, 4.69) is 77.9 Å². The third-order valence-electron chi connectivity index (χ3n) is 6.61. The Hall–Kier alpha value is -2.22. The van der Waals surface area contributed by atoms with Crippen LogP contribution >= 0.6 is 0 Å². The maximum absolute atomic E-state index is 5.28. The quantitative estimate of drug-likeness (QED) is 0.186. The van der Waals surface area contributed by atoms with E-state index in [-0.39, 0.29) is 0 Å². The van der Waals surface area contributed by atoms with Crippen LogP contribution < -0.4 is 0 Å². The lowest BCUT2D eigenvalue weighted by molar-refractivity contribution is 0.683. The minimum absolute atomic E-state index is 0.992. The molecule has 0 unspecified atom stereocenters. The van der Waals surface area contributed by atoms with Gasteiger partial charge in [0.05, 0.1) is 22.8 Å². The van der Waals surface area contributed by atoms with Crippen LogP contribution in [0.2, 0.25) is 0 Å². The second-order valence-electron chi connectivity index (χ2n) is 9.75. The van der Waals surface area contributed by atoms with Gasteiger partial charge in [-0.1, -0.05) is 78.4 Å². The summed E-state index contributed by atoms with van der Waals surface area (Å²) >= 11 is 0. The summed E-state index contributed by atoms with van der Waals surface area (Å²) in [6.45, 7) is 13.4. The summed E-state index contributed by atoms with van der Waals surface area (Å²) < 4.78 is 0. The van der Waals surface area contributed by atoms with Crippen molar-refractivity contribution in [1.82, 2.24) is 0 Å². The highest BCUT2D eigenvalue weighted by Crippen LogP contribution is 2.24. The molecular weight excluding hydrogens is 412 g/mol. The molecule has 0 spiro atoms. The Morgan fingerprint density at radius 1 is 0.559 bits per heavy atom. The lowest BCUT2D eigenvalue weighted by Gasteiger charge is -2.13. The molecular formula is C32H48N2. The smallest absolute Gasteiger partial charge is 0.0636 e. The third kappa shape index (κ3) is 9.20. The van der Waals surface area contributed by atoms with Gasteiger partial charge in [-0.25, -0.2) is 0 Å². The molecule has 0 bridgehead atoms. The topological polar surface area (TPSA) is 24.7 Å². The number of unbranched alkanes of at least 4 members (excludes halogenated alkanes) is 4. The second-order valence-corrected chi connectivity index (χ2v) is 9.75. The van der Waals surface area contributed by atoms with Crippen molar-refractivity contribution in [2.24, 2.45) is 9.98 Å². The van der Waals surface area contributed by atoms with Gasteiger partial charge in [0.15, 0.2) is 0 Å². The molecule has 0 saturated carbocycles. The standard InChI is InChI=1S/C32H48N2/c1-7-11-13-14-18-32(34-30-22-20-27(15-9-3)28(24-30)16-10-4)31(17-12-8-2)33-29-21-19-25(5)26(6)23-29/h19-24H,7-18H2,1-6H3.